The van der Waals surface area contributed by atoms with Crippen LogP contribution in [0.1, 0.15) is 30.9 Å². The zero-order valence-corrected chi connectivity index (χ0v) is 13.3. The van der Waals surface area contributed by atoms with Gasteiger partial charge in [-0.3, -0.25) is 4.79 Å². The average Bonchev–Trinajstić information content (AvgIpc) is 3.25. The van der Waals surface area contributed by atoms with E-state index in [0.717, 1.165) is 63.4 Å². The molecule has 4 heterocycles. The van der Waals surface area contributed by atoms with Gasteiger partial charge in [0.05, 0.1) is 5.92 Å². The summed E-state index contributed by atoms with van der Waals surface area (Å²) in [4.78, 5) is 26.7. The van der Waals surface area contributed by atoms with Gasteiger partial charge in [0.25, 0.3) is 0 Å². The third kappa shape index (κ3) is 3.02. The number of nitrogens with zero attached hydrogens (tertiary/aromatic N) is 4. The van der Waals surface area contributed by atoms with Crippen LogP contribution >= 0.6 is 0 Å². The van der Waals surface area contributed by atoms with E-state index in [1.165, 1.54) is 0 Å². The number of H-pyrrole nitrogens is 1. The van der Waals surface area contributed by atoms with Gasteiger partial charge in [-0.15, -0.1) is 0 Å². The molecule has 2 aliphatic heterocycles. The van der Waals surface area contributed by atoms with Crippen molar-refractivity contribution in [2.24, 2.45) is 11.8 Å². The molecule has 1 fully saturated rings. The Hall–Kier alpha value is -2.11. The van der Waals surface area contributed by atoms with Gasteiger partial charge in [0.2, 0.25) is 5.91 Å². The van der Waals surface area contributed by atoms with Gasteiger partial charge in [0, 0.05) is 57.3 Å². The third-order valence-electron chi connectivity index (χ3n) is 5.25. The lowest BCUT2D eigenvalue weighted by atomic mass is 9.91. The number of piperidine rings is 1. The van der Waals surface area contributed by atoms with E-state index < -0.39 is 0 Å². The Labute approximate surface area is 135 Å². The minimum absolute atomic E-state index is 0.123. The normalized spacial score (nSPS) is 22.1. The summed E-state index contributed by atoms with van der Waals surface area (Å²) in [6.07, 6.45) is 12.5. The molecule has 2 aromatic rings. The van der Waals surface area contributed by atoms with E-state index >= 15 is 0 Å². The lowest BCUT2D eigenvalue weighted by Gasteiger charge is -2.35. The average molecular weight is 313 g/mol. The number of imidazole rings is 2. The highest BCUT2D eigenvalue weighted by Crippen LogP contribution is 2.25. The number of carbonyl (C=O) groups is 1. The first-order chi connectivity index (χ1) is 11.3. The van der Waals surface area contributed by atoms with Crippen LogP contribution in [0, 0.1) is 11.8 Å². The van der Waals surface area contributed by atoms with Gasteiger partial charge in [-0.05, 0) is 25.2 Å². The number of likely N-dealkylation sites (tertiary alicyclic amines) is 1. The van der Waals surface area contributed by atoms with Crippen molar-refractivity contribution in [1.82, 2.24) is 24.4 Å². The van der Waals surface area contributed by atoms with E-state index in [9.17, 15) is 4.79 Å². The summed E-state index contributed by atoms with van der Waals surface area (Å²) in [5.41, 5.74) is 0. The van der Waals surface area contributed by atoms with Gasteiger partial charge in [-0.25, -0.2) is 9.97 Å². The molecule has 23 heavy (non-hydrogen) atoms. The molecular formula is C17H23N5O. The molecule has 0 saturated carbocycles. The molecule has 1 atom stereocenters. The minimum Gasteiger partial charge on any atom is -0.349 e. The number of nitrogens with one attached hydrogen (secondary N) is 1. The Morgan fingerprint density at radius 3 is 2.87 bits per heavy atom. The van der Waals surface area contributed by atoms with Crippen molar-refractivity contribution in [3.63, 3.8) is 0 Å². The van der Waals surface area contributed by atoms with Crippen LogP contribution in [0.2, 0.25) is 0 Å². The summed E-state index contributed by atoms with van der Waals surface area (Å²) >= 11 is 0. The molecule has 6 heteroatoms. The maximum Gasteiger partial charge on any atom is 0.227 e. The highest BCUT2D eigenvalue weighted by molar-refractivity contribution is 5.79. The number of carbonyl (C=O) groups excluding carboxylic acids is 1. The quantitative estimate of drug-likeness (QED) is 0.937. The monoisotopic (exact) mass is 313 g/mol. The second-order valence-corrected chi connectivity index (χ2v) is 6.74. The van der Waals surface area contributed by atoms with E-state index in [1.807, 2.05) is 18.6 Å². The van der Waals surface area contributed by atoms with Crippen LogP contribution in [-0.4, -0.2) is 43.4 Å². The molecule has 2 aromatic heterocycles. The van der Waals surface area contributed by atoms with Crippen LogP contribution in [0.4, 0.5) is 0 Å². The topological polar surface area (TPSA) is 66.8 Å². The minimum atomic E-state index is 0.123. The first-order valence-electron chi connectivity index (χ1n) is 8.56. The molecule has 122 valence electrons. The SMILES string of the molecule is O=C(C1CCc2nccn2C1)N1CCC(Cc2ncc[nH]2)CC1. The fraction of sp³-hybridized carbons (Fsp3) is 0.588. The lowest BCUT2D eigenvalue weighted by Crippen LogP contribution is -2.44. The molecule has 4 rings (SSSR count). The molecule has 2 aliphatic rings. The fourth-order valence-corrected chi connectivity index (χ4v) is 3.87. The Bertz CT molecular complexity index is 654. The molecule has 0 aromatic carbocycles. The van der Waals surface area contributed by atoms with Gasteiger partial charge >= 0.3 is 0 Å². The third-order valence-corrected chi connectivity index (χ3v) is 5.25. The smallest absolute Gasteiger partial charge is 0.227 e. The fourth-order valence-electron chi connectivity index (χ4n) is 3.87. The van der Waals surface area contributed by atoms with Gasteiger partial charge in [0.15, 0.2) is 0 Å². The maximum absolute atomic E-state index is 12.8. The van der Waals surface area contributed by atoms with Crippen LogP contribution in [-0.2, 0) is 24.2 Å². The number of aromatic amines is 1. The van der Waals surface area contributed by atoms with E-state index in [1.54, 1.807) is 6.20 Å². The standard InChI is InChI=1S/C17H23N5O/c23-17(14-1-2-16-20-7-10-22(16)12-14)21-8-3-13(4-9-21)11-15-18-5-6-19-15/h5-7,10,13-14H,1-4,8-9,11-12H2,(H,18,19). The van der Waals surface area contributed by atoms with Gasteiger partial charge in [0.1, 0.15) is 11.6 Å². The van der Waals surface area contributed by atoms with Crippen LogP contribution in [0.5, 0.6) is 0 Å². The second kappa shape index (κ2) is 6.18. The van der Waals surface area contributed by atoms with Crippen molar-refractivity contribution < 1.29 is 4.79 Å². The summed E-state index contributed by atoms with van der Waals surface area (Å²) in [5, 5.41) is 0. The van der Waals surface area contributed by atoms with E-state index in [0.29, 0.717) is 11.8 Å². The maximum atomic E-state index is 12.8. The number of hydrogen-bond acceptors (Lipinski definition) is 3. The first-order valence-corrected chi connectivity index (χ1v) is 8.56. The summed E-state index contributed by atoms with van der Waals surface area (Å²) in [6, 6.07) is 0. The van der Waals surface area contributed by atoms with Crippen LogP contribution in [0.3, 0.4) is 0 Å². The van der Waals surface area contributed by atoms with Gasteiger partial charge < -0.3 is 14.5 Å². The van der Waals surface area contributed by atoms with Crippen molar-refractivity contribution in [2.75, 3.05) is 13.1 Å². The van der Waals surface area contributed by atoms with Crippen molar-refractivity contribution in [1.29, 1.82) is 0 Å². The Morgan fingerprint density at radius 1 is 1.22 bits per heavy atom. The van der Waals surface area contributed by atoms with Crippen molar-refractivity contribution in [2.45, 2.75) is 38.6 Å². The van der Waals surface area contributed by atoms with Crippen molar-refractivity contribution in [3.8, 4) is 0 Å². The van der Waals surface area contributed by atoms with Crippen LogP contribution < -0.4 is 0 Å². The van der Waals surface area contributed by atoms with Crippen molar-refractivity contribution >= 4 is 5.91 Å². The summed E-state index contributed by atoms with van der Waals surface area (Å²) < 4.78 is 2.13. The molecule has 0 radical (unpaired) electrons. The highest BCUT2D eigenvalue weighted by Gasteiger charge is 2.31. The molecule has 0 bridgehead atoms. The predicted molar refractivity (Wildman–Crippen MR) is 85.6 cm³/mol. The summed E-state index contributed by atoms with van der Waals surface area (Å²) in [6.45, 7) is 2.56. The molecule has 0 aliphatic carbocycles. The van der Waals surface area contributed by atoms with Gasteiger partial charge in [-0.1, -0.05) is 0 Å². The number of amides is 1. The van der Waals surface area contributed by atoms with Crippen LogP contribution in [0.25, 0.3) is 0 Å². The predicted octanol–water partition coefficient (Wildman–Crippen LogP) is 1.65. The molecule has 1 amide bonds. The molecular weight excluding hydrogens is 290 g/mol. The first kappa shape index (κ1) is 14.5. The molecule has 1 N–H and O–H groups in total. The summed E-state index contributed by atoms with van der Waals surface area (Å²) in [5.74, 6) is 3.27. The van der Waals surface area contributed by atoms with Crippen molar-refractivity contribution in [3.05, 3.63) is 36.4 Å². The largest absolute Gasteiger partial charge is 0.349 e. The number of hydrogen-bond donors (Lipinski definition) is 1. The number of aryl methyl sites for hydroxylation is 1. The number of aromatic nitrogens is 4. The summed E-state index contributed by atoms with van der Waals surface area (Å²) in [7, 11) is 0. The van der Waals surface area contributed by atoms with E-state index in [-0.39, 0.29) is 5.92 Å². The Balaban J connectivity index is 1.31. The Morgan fingerprint density at radius 2 is 2.09 bits per heavy atom. The van der Waals surface area contributed by atoms with E-state index in [4.69, 9.17) is 0 Å². The lowest BCUT2D eigenvalue weighted by molar-refractivity contribution is -0.138. The molecule has 1 saturated heterocycles. The number of fused-ring (bicyclic) bond motifs is 1. The number of rotatable bonds is 3. The molecule has 6 nitrogen and oxygen atoms in total. The Kier molecular flexibility index (Phi) is 3.89. The van der Waals surface area contributed by atoms with E-state index in [2.05, 4.69) is 24.4 Å². The van der Waals surface area contributed by atoms with Crippen LogP contribution in [0.15, 0.2) is 24.8 Å². The highest BCUT2D eigenvalue weighted by atomic mass is 16.2. The molecule has 1 unspecified atom stereocenters. The second-order valence-electron chi connectivity index (χ2n) is 6.74. The van der Waals surface area contributed by atoms with Gasteiger partial charge in [-0.2, -0.15) is 0 Å². The zero-order valence-electron chi connectivity index (χ0n) is 13.3. The zero-order chi connectivity index (χ0) is 15.6. The molecule has 0 spiro atoms.